The molecule has 0 radical (unpaired) electrons. The van der Waals surface area contributed by atoms with Crippen molar-refractivity contribution in [3.63, 3.8) is 0 Å². The van der Waals surface area contributed by atoms with E-state index in [1.54, 1.807) is 14.2 Å². The summed E-state index contributed by atoms with van der Waals surface area (Å²) in [4.78, 5) is 11.6. The first-order chi connectivity index (χ1) is 15.4. The van der Waals surface area contributed by atoms with Gasteiger partial charge < -0.3 is 23.9 Å². The second kappa shape index (κ2) is 9.36. The molecule has 1 N–H and O–H groups in total. The van der Waals surface area contributed by atoms with E-state index in [4.69, 9.17) is 25.8 Å². The number of ether oxygens (including phenoxy) is 3. The molecule has 0 aliphatic carbocycles. The molecule has 0 fully saturated rings. The first-order valence-corrected chi connectivity index (χ1v) is 10.8. The van der Waals surface area contributed by atoms with Crippen LogP contribution in [0.4, 0.5) is 0 Å². The highest BCUT2D eigenvalue weighted by Gasteiger charge is 2.34. The monoisotopic (exact) mass is 455 g/mol. The van der Waals surface area contributed by atoms with Crippen LogP contribution in [-0.4, -0.2) is 35.8 Å². The van der Waals surface area contributed by atoms with E-state index in [1.807, 2.05) is 59.3 Å². The van der Waals surface area contributed by atoms with Crippen LogP contribution in [0.5, 0.6) is 11.5 Å². The van der Waals surface area contributed by atoms with E-state index in [1.165, 1.54) is 6.92 Å². The molecule has 3 aromatic rings. The van der Waals surface area contributed by atoms with Gasteiger partial charge in [0.15, 0.2) is 11.5 Å². The lowest BCUT2D eigenvalue weighted by Gasteiger charge is -2.26. The number of hydrogen-bond acceptors (Lipinski definition) is 5. The zero-order valence-corrected chi connectivity index (χ0v) is 19.0. The average Bonchev–Trinajstić information content (AvgIpc) is 3.21. The Morgan fingerprint density at radius 1 is 1.16 bits per heavy atom. The van der Waals surface area contributed by atoms with Gasteiger partial charge >= 0.3 is 0 Å². The lowest BCUT2D eigenvalue weighted by Crippen LogP contribution is -2.19. The molecule has 0 saturated carbocycles. The predicted molar refractivity (Wildman–Crippen MR) is 122 cm³/mol. The molecule has 0 spiro atoms. The number of hydrogen-bond donors (Lipinski definition) is 1. The van der Waals surface area contributed by atoms with Gasteiger partial charge in [-0.2, -0.15) is 0 Å². The number of rotatable bonds is 7. The van der Waals surface area contributed by atoms with Gasteiger partial charge in [-0.15, -0.1) is 0 Å². The highest BCUT2D eigenvalue weighted by Crippen LogP contribution is 2.46. The van der Waals surface area contributed by atoms with Crippen LogP contribution in [-0.2, 0) is 9.53 Å². The van der Waals surface area contributed by atoms with Gasteiger partial charge in [0, 0.05) is 35.2 Å². The third kappa shape index (κ3) is 4.26. The number of aliphatic hydroxyl groups is 1. The smallest absolute Gasteiger partial charge is 0.166 e. The summed E-state index contributed by atoms with van der Waals surface area (Å²) in [7, 11) is 3.18. The minimum absolute atomic E-state index is 0.0670. The lowest BCUT2D eigenvalue weighted by atomic mass is 9.98. The number of methoxy groups -OCH3 is 2. The second-order valence-corrected chi connectivity index (χ2v) is 8.33. The molecule has 0 bridgehead atoms. The quantitative estimate of drug-likeness (QED) is 0.540. The third-order valence-corrected chi connectivity index (χ3v) is 5.90. The molecule has 6 nitrogen and oxygen atoms in total. The SMILES string of the molecule is COc1cccc([C@H]2O[C@H](CC(O)CC(C)=O)c3cccn3-c3ccc(Cl)cc32)c1OC. The van der Waals surface area contributed by atoms with Crippen molar-refractivity contribution in [3.05, 3.63) is 76.6 Å². The van der Waals surface area contributed by atoms with Crippen LogP contribution in [0.2, 0.25) is 5.02 Å². The maximum Gasteiger partial charge on any atom is 0.166 e. The van der Waals surface area contributed by atoms with Gasteiger partial charge in [-0.3, -0.25) is 4.79 Å². The zero-order valence-electron chi connectivity index (χ0n) is 18.2. The molecule has 2 aromatic carbocycles. The minimum atomic E-state index is -0.821. The molecule has 4 rings (SSSR count). The van der Waals surface area contributed by atoms with Crippen molar-refractivity contribution in [1.82, 2.24) is 4.57 Å². The largest absolute Gasteiger partial charge is 0.493 e. The van der Waals surface area contributed by atoms with E-state index in [-0.39, 0.29) is 18.6 Å². The number of carbonyl (C=O) groups is 1. The molecule has 32 heavy (non-hydrogen) atoms. The summed E-state index contributed by atoms with van der Waals surface area (Å²) in [5.41, 5.74) is 3.46. The summed E-state index contributed by atoms with van der Waals surface area (Å²) in [6.45, 7) is 1.47. The van der Waals surface area contributed by atoms with Gasteiger partial charge in [-0.25, -0.2) is 0 Å². The van der Waals surface area contributed by atoms with Crippen molar-refractivity contribution in [2.45, 2.75) is 38.1 Å². The number of benzene rings is 2. The second-order valence-electron chi connectivity index (χ2n) is 7.89. The van der Waals surface area contributed by atoms with Gasteiger partial charge in [0.25, 0.3) is 0 Å². The van der Waals surface area contributed by atoms with Crippen LogP contribution >= 0.6 is 11.6 Å². The molecule has 1 aromatic heterocycles. The third-order valence-electron chi connectivity index (χ3n) is 5.67. The fourth-order valence-corrected chi connectivity index (χ4v) is 4.52. The van der Waals surface area contributed by atoms with Crippen molar-refractivity contribution in [3.8, 4) is 17.2 Å². The average molecular weight is 456 g/mol. The lowest BCUT2D eigenvalue weighted by molar-refractivity contribution is -0.119. The fourth-order valence-electron chi connectivity index (χ4n) is 4.34. The number of para-hydroxylation sites is 1. The Kier molecular flexibility index (Phi) is 6.55. The Hall–Kier alpha value is -2.80. The molecule has 0 saturated heterocycles. The van der Waals surface area contributed by atoms with Gasteiger partial charge in [0.1, 0.15) is 18.0 Å². The number of halogens is 1. The standard InChI is InChI=1S/C25H26ClNO5/c1-15(28)12-17(29)14-23-21-7-5-11-27(21)20-10-9-16(26)13-19(20)24(32-23)18-6-4-8-22(30-2)25(18)31-3/h4-11,13,17,23-24,29H,12,14H2,1-3H3/t17?,23-,24-/m1/s1. The number of carbonyl (C=O) groups excluding carboxylic acids is 1. The number of aliphatic hydroxyl groups excluding tert-OH is 1. The Morgan fingerprint density at radius 2 is 1.97 bits per heavy atom. The summed E-state index contributed by atoms with van der Waals surface area (Å²) < 4.78 is 19.9. The van der Waals surface area contributed by atoms with E-state index in [9.17, 15) is 9.90 Å². The molecule has 7 heteroatoms. The number of nitrogens with zero attached hydrogens (tertiary/aromatic N) is 1. The first-order valence-electron chi connectivity index (χ1n) is 10.4. The summed E-state index contributed by atoms with van der Waals surface area (Å²) in [6.07, 6.45) is 0.481. The Balaban J connectivity index is 1.87. The Morgan fingerprint density at radius 3 is 2.69 bits per heavy atom. The number of fused-ring (bicyclic) bond motifs is 3. The van der Waals surface area contributed by atoms with Gasteiger partial charge in [0.2, 0.25) is 0 Å². The van der Waals surface area contributed by atoms with E-state index < -0.39 is 18.3 Å². The molecule has 168 valence electrons. The summed E-state index contributed by atoms with van der Waals surface area (Å²) >= 11 is 6.40. The van der Waals surface area contributed by atoms with Crippen LogP contribution in [0, 0.1) is 0 Å². The van der Waals surface area contributed by atoms with Crippen molar-refractivity contribution in [2.75, 3.05) is 14.2 Å². The van der Waals surface area contributed by atoms with Crippen LogP contribution in [0.3, 0.4) is 0 Å². The van der Waals surface area contributed by atoms with Crippen LogP contribution in [0.15, 0.2) is 54.7 Å². The van der Waals surface area contributed by atoms with Crippen molar-refractivity contribution >= 4 is 17.4 Å². The van der Waals surface area contributed by atoms with Crippen molar-refractivity contribution < 1.29 is 24.1 Å². The summed E-state index contributed by atoms with van der Waals surface area (Å²) in [5, 5.41) is 11.1. The van der Waals surface area contributed by atoms with Gasteiger partial charge in [-0.1, -0.05) is 23.7 Å². The molecule has 1 aliphatic heterocycles. The van der Waals surface area contributed by atoms with Crippen LogP contribution in [0.1, 0.15) is 48.8 Å². The number of ketones is 1. The summed E-state index contributed by atoms with van der Waals surface area (Å²) in [5.74, 6) is 1.09. The maximum atomic E-state index is 11.6. The normalized spacial score (nSPS) is 18.3. The molecule has 0 amide bonds. The number of Topliss-reactive ketones (excluding diaryl/α,β-unsaturated/α-hetero) is 1. The van der Waals surface area contributed by atoms with Crippen LogP contribution in [0.25, 0.3) is 5.69 Å². The van der Waals surface area contributed by atoms with E-state index in [0.717, 1.165) is 22.5 Å². The highest BCUT2D eigenvalue weighted by atomic mass is 35.5. The topological polar surface area (TPSA) is 69.9 Å². The van der Waals surface area contributed by atoms with E-state index in [2.05, 4.69) is 0 Å². The summed E-state index contributed by atoms with van der Waals surface area (Å²) in [6, 6.07) is 15.2. The molecule has 1 unspecified atom stereocenters. The zero-order chi connectivity index (χ0) is 22.8. The van der Waals surface area contributed by atoms with Crippen molar-refractivity contribution in [2.24, 2.45) is 0 Å². The Bertz CT molecular complexity index is 1130. The molecular formula is C25H26ClNO5. The Labute approximate surface area is 192 Å². The first kappa shape index (κ1) is 22.4. The minimum Gasteiger partial charge on any atom is -0.493 e. The van der Waals surface area contributed by atoms with E-state index in [0.29, 0.717) is 16.5 Å². The molecular weight excluding hydrogens is 430 g/mol. The molecule has 3 atom stereocenters. The number of aromatic nitrogens is 1. The van der Waals surface area contributed by atoms with Gasteiger partial charge in [0.05, 0.1) is 31.7 Å². The van der Waals surface area contributed by atoms with Gasteiger partial charge in [-0.05, 0) is 43.3 Å². The molecule has 1 aliphatic rings. The molecule has 2 heterocycles. The van der Waals surface area contributed by atoms with E-state index >= 15 is 0 Å². The van der Waals surface area contributed by atoms with Crippen LogP contribution < -0.4 is 9.47 Å². The fraction of sp³-hybridized carbons (Fsp3) is 0.320. The highest BCUT2D eigenvalue weighted by molar-refractivity contribution is 6.30. The van der Waals surface area contributed by atoms with Crippen molar-refractivity contribution in [1.29, 1.82) is 0 Å². The predicted octanol–water partition coefficient (Wildman–Crippen LogP) is 5.04. The maximum absolute atomic E-state index is 11.6.